The molecule has 11 heteroatoms. The average Bonchev–Trinajstić information content (AvgIpc) is 3.14. The summed E-state index contributed by atoms with van der Waals surface area (Å²) in [5.74, 6) is -2.22. The first-order valence-corrected chi connectivity index (χ1v) is 10.9. The molecule has 4 rings (SSSR count). The van der Waals surface area contributed by atoms with Crippen LogP contribution in [0.3, 0.4) is 0 Å². The van der Waals surface area contributed by atoms with Crippen molar-refractivity contribution in [2.45, 2.75) is 16.0 Å². The maximum atomic E-state index is 12.9. The van der Waals surface area contributed by atoms with E-state index in [4.69, 9.17) is 5.11 Å². The first kappa shape index (κ1) is 22.6. The standard InChI is InChI=1S/C22H13F3N2O4S2/c23-22(24,25)11-5-7-12(8-6-11)32-17-4-2-1-3-13(17)19(29)27-21-26-15-10-16(28)14(20(30)31)9-18(15)33-21/h1-10,28H,(H,30,31)(H,26,27,29). The Labute approximate surface area is 192 Å². The Balaban J connectivity index is 1.56. The second-order valence-electron chi connectivity index (χ2n) is 6.74. The molecule has 0 saturated carbocycles. The van der Waals surface area contributed by atoms with Gasteiger partial charge in [-0.1, -0.05) is 35.2 Å². The maximum Gasteiger partial charge on any atom is 0.416 e. The summed E-state index contributed by atoms with van der Waals surface area (Å²) in [7, 11) is 0. The number of amides is 1. The van der Waals surface area contributed by atoms with Crippen molar-refractivity contribution >= 4 is 50.3 Å². The Morgan fingerprint density at radius 3 is 2.36 bits per heavy atom. The zero-order valence-electron chi connectivity index (χ0n) is 16.4. The van der Waals surface area contributed by atoms with Crippen LogP contribution in [0, 0.1) is 0 Å². The van der Waals surface area contributed by atoms with Crippen LogP contribution in [0.15, 0.2) is 70.5 Å². The van der Waals surface area contributed by atoms with Crippen molar-refractivity contribution in [1.82, 2.24) is 4.98 Å². The molecule has 0 bridgehead atoms. The minimum absolute atomic E-state index is 0.200. The van der Waals surface area contributed by atoms with E-state index in [1.165, 1.54) is 24.3 Å². The molecular weight excluding hydrogens is 477 g/mol. The van der Waals surface area contributed by atoms with Crippen molar-refractivity contribution in [3.63, 3.8) is 0 Å². The maximum absolute atomic E-state index is 12.9. The summed E-state index contributed by atoms with van der Waals surface area (Å²) in [6.45, 7) is 0. The molecule has 0 spiro atoms. The van der Waals surface area contributed by atoms with Crippen LogP contribution in [0.25, 0.3) is 10.2 Å². The van der Waals surface area contributed by atoms with Crippen molar-refractivity contribution in [1.29, 1.82) is 0 Å². The Morgan fingerprint density at radius 1 is 1.00 bits per heavy atom. The van der Waals surface area contributed by atoms with Crippen LogP contribution in [0.2, 0.25) is 0 Å². The highest BCUT2D eigenvalue weighted by atomic mass is 32.2. The van der Waals surface area contributed by atoms with Crippen molar-refractivity contribution < 1.29 is 33.0 Å². The Kier molecular flexibility index (Phi) is 6.00. The molecule has 0 saturated heterocycles. The number of carboxylic acid groups (broad SMARTS) is 1. The average molecular weight is 490 g/mol. The molecule has 1 amide bonds. The number of phenols is 1. The van der Waals surface area contributed by atoms with E-state index in [9.17, 15) is 27.9 Å². The fraction of sp³-hybridized carbons (Fsp3) is 0.0455. The van der Waals surface area contributed by atoms with Crippen LogP contribution in [0.1, 0.15) is 26.3 Å². The molecule has 6 nitrogen and oxygen atoms in total. The number of rotatable bonds is 5. The zero-order valence-corrected chi connectivity index (χ0v) is 18.0. The Bertz CT molecular complexity index is 1370. The number of halogens is 3. The third-order valence-corrected chi connectivity index (χ3v) is 6.52. The van der Waals surface area contributed by atoms with E-state index in [0.29, 0.717) is 20.0 Å². The predicted octanol–water partition coefficient (Wildman–Crippen LogP) is 6.12. The zero-order chi connectivity index (χ0) is 23.8. The summed E-state index contributed by atoms with van der Waals surface area (Å²) >= 11 is 2.18. The van der Waals surface area contributed by atoms with Gasteiger partial charge in [0.25, 0.3) is 5.91 Å². The summed E-state index contributed by atoms with van der Waals surface area (Å²) in [5, 5.41) is 21.8. The third kappa shape index (κ3) is 4.94. The SMILES string of the molecule is O=C(O)c1cc2sc(NC(=O)c3ccccc3Sc3ccc(C(F)(F)F)cc3)nc2cc1O. The topological polar surface area (TPSA) is 99.5 Å². The van der Waals surface area contributed by atoms with E-state index < -0.39 is 29.4 Å². The van der Waals surface area contributed by atoms with Gasteiger partial charge in [0.2, 0.25) is 0 Å². The van der Waals surface area contributed by atoms with Gasteiger partial charge >= 0.3 is 12.1 Å². The van der Waals surface area contributed by atoms with Gasteiger partial charge < -0.3 is 10.2 Å². The lowest BCUT2D eigenvalue weighted by Crippen LogP contribution is -2.12. The van der Waals surface area contributed by atoms with Gasteiger partial charge in [-0.25, -0.2) is 9.78 Å². The molecular formula is C22H13F3N2O4S2. The van der Waals surface area contributed by atoms with Crippen LogP contribution >= 0.6 is 23.1 Å². The van der Waals surface area contributed by atoms with Crippen LogP contribution in [0.5, 0.6) is 5.75 Å². The molecule has 1 heterocycles. The molecule has 0 fully saturated rings. The van der Waals surface area contributed by atoms with Gasteiger partial charge in [-0.2, -0.15) is 13.2 Å². The molecule has 1 aromatic heterocycles. The monoisotopic (exact) mass is 490 g/mol. The molecule has 0 unspecified atom stereocenters. The highest BCUT2D eigenvalue weighted by Gasteiger charge is 2.30. The summed E-state index contributed by atoms with van der Waals surface area (Å²) in [6, 6.07) is 13.7. The molecule has 33 heavy (non-hydrogen) atoms. The van der Waals surface area contributed by atoms with Crippen molar-refractivity contribution in [3.8, 4) is 5.75 Å². The number of aromatic carboxylic acids is 1. The molecule has 0 aliphatic carbocycles. The predicted molar refractivity (Wildman–Crippen MR) is 118 cm³/mol. The fourth-order valence-corrected chi connectivity index (χ4v) is 4.76. The van der Waals surface area contributed by atoms with E-state index in [1.54, 1.807) is 24.3 Å². The number of alkyl halides is 3. The molecule has 3 N–H and O–H groups in total. The lowest BCUT2D eigenvalue weighted by atomic mass is 10.2. The molecule has 4 aromatic rings. The van der Waals surface area contributed by atoms with Crippen LogP contribution < -0.4 is 5.32 Å². The lowest BCUT2D eigenvalue weighted by Gasteiger charge is -2.10. The highest BCUT2D eigenvalue weighted by Crippen LogP contribution is 2.35. The van der Waals surface area contributed by atoms with Crippen molar-refractivity contribution in [2.24, 2.45) is 0 Å². The lowest BCUT2D eigenvalue weighted by molar-refractivity contribution is -0.137. The van der Waals surface area contributed by atoms with E-state index in [0.717, 1.165) is 35.2 Å². The van der Waals surface area contributed by atoms with Crippen molar-refractivity contribution in [2.75, 3.05) is 5.32 Å². The molecule has 0 aliphatic heterocycles. The molecule has 0 aliphatic rings. The fourth-order valence-electron chi connectivity index (χ4n) is 2.93. The summed E-state index contributed by atoms with van der Waals surface area (Å²) in [6.07, 6.45) is -4.43. The van der Waals surface area contributed by atoms with E-state index in [-0.39, 0.29) is 16.3 Å². The minimum atomic E-state index is -4.43. The number of aromatic hydroxyl groups is 1. The number of aromatic nitrogens is 1. The first-order chi connectivity index (χ1) is 15.6. The largest absolute Gasteiger partial charge is 0.507 e. The first-order valence-electron chi connectivity index (χ1n) is 9.24. The quantitative estimate of drug-likeness (QED) is 0.312. The number of anilines is 1. The number of nitrogens with one attached hydrogen (secondary N) is 1. The number of benzene rings is 3. The number of hydrogen-bond donors (Lipinski definition) is 3. The number of thiazole rings is 1. The Morgan fingerprint density at radius 2 is 1.70 bits per heavy atom. The number of fused-ring (bicyclic) bond motifs is 1. The number of carbonyl (C=O) groups excluding carboxylic acids is 1. The second-order valence-corrected chi connectivity index (χ2v) is 8.88. The highest BCUT2D eigenvalue weighted by molar-refractivity contribution is 7.99. The third-order valence-electron chi connectivity index (χ3n) is 4.50. The summed E-state index contributed by atoms with van der Waals surface area (Å²) in [5.41, 5.74) is -0.422. The van der Waals surface area contributed by atoms with Crippen LogP contribution in [-0.2, 0) is 6.18 Å². The molecule has 0 radical (unpaired) electrons. The minimum Gasteiger partial charge on any atom is -0.507 e. The van der Waals surface area contributed by atoms with E-state index >= 15 is 0 Å². The van der Waals surface area contributed by atoms with Gasteiger partial charge in [0.05, 0.1) is 21.3 Å². The van der Waals surface area contributed by atoms with Gasteiger partial charge in [0, 0.05) is 15.9 Å². The Hall–Kier alpha value is -3.57. The molecule has 0 atom stereocenters. The molecule has 3 aromatic carbocycles. The van der Waals surface area contributed by atoms with Gasteiger partial charge in [-0.15, -0.1) is 0 Å². The van der Waals surface area contributed by atoms with Crippen molar-refractivity contribution in [3.05, 3.63) is 77.4 Å². The van der Waals surface area contributed by atoms with E-state index in [2.05, 4.69) is 10.3 Å². The van der Waals surface area contributed by atoms with Crippen LogP contribution in [-0.4, -0.2) is 27.1 Å². The summed E-state index contributed by atoms with van der Waals surface area (Å²) in [4.78, 5) is 29.3. The number of hydrogen-bond acceptors (Lipinski definition) is 6. The van der Waals surface area contributed by atoms with Gasteiger partial charge in [-0.3, -0.25) is 10.1 Å². The van der Waals surface area contributed by atoms with E-state index in [1.807, 2.05) is 0 Å². The second kappa shape index (κ2) is 8.75. The number of carbonyl (C=O) groups is 2. The van der Waals surface area contributed by atoms with Gasteiger partial charge in [0.15, 0.2) is 5.13 Å². The summed E-state index contributed by atoms with van der Waals surface area (Å²) < 4.78 is 38.8. The van der Waals surface area contributed by atoms with Crippen LogP contribution in [0.4, 0.5) is 18.3 Å². The smallest absolute Gasteiger partial charge is 0.416 e. The normalized spacial score (nSPS) is 11.5. The van der Waals surface area contributed by atoms with Gasteiger partial charge in [-0.05, 0) is 42.5 Å². The number of carboxylic acids is 1. The van der Waals surface area contributed by atoms with Gasteiger partial charge in [0.1, 0.15) is 11.3 Å². The number of nitrogens with zero attached hydrogens (tertiary/aromatic N) is 1. The molecule has 168 valence electrons.